The van der Waals surface area contributed by atoms with Gasteiger partial charge in [-0.3, -0.25) is 9.78 Å². The van der Waals surface area contributed by atoms with Crippen LogP contribution in [0.2, 0.25) is 0 Å². The summed E-state index contributed by atoms with van der Waals surface area (Å²) in [6.07, 6.45) is 3.50. The molecule has 87 valence electrons. The SMILES string of the molecule is CC(C)C(=O)C(=O)O.[Ag].c1ccncc1. The maximum absolute atomic E-state index is 10.2. The van der Waals surface area contributed by atoms with Gasteiger partial charge in [0.1, 0.15) is 0 Å². The number of pyridine rings is 1. The zero-order chi connectivity index (χ0) is 11.0. The second-order valence-electron chi connectivity index (χ2n) is 2.85. The first-order chi connectivity index (χ1) is 6.55. The van der Waals surface area contributed by atoms with Gasteiger partial charge >= 0.3 is 5.97 Å². The molecule has 1 heterocycles. The molecule has 15 heavy (non-hydrogen) atoms. The van der Waals surface area contributed by atoms with Crippen molar-refractivity contribution in [2.45, 2.75) is 13.8 Å². The van der Waals surface area contributed by atoms with E-state index in [0.717, 1.165) is 0 Å². The molecule has 1 aromatic heterocycles. The van der Waals surface area contributed by atoms with E-state index in [2.05, 4.69) is 4.98 Å². The van der Waals surface area contributed by atoms with Crippen molar-refractivity contribution in [3.05, 3.63) is 30.6 Å². The predicted molar refractivity (Wildman–Crippen MR) is 51.7 cm³/mol. The molecule has 0 unspecified atom stereocenters. The smallest absolute Gasteiger partial charge is 0.372 e. The Kier molecular flexibility index (Phi) is 10.5. The minimum atomic E-state index is -1.35. The summed E-state index contributed by atoms with van der Waals surface area (Å²) < 4.78 is 0. The van der Waals surface area contributed by atoms with Crippen LogP contribution >= 0.6 is 0 Å². The number of carbonyl (C=O) groups excluding carboxylic acids is 1. The van der Waals surface area contributed by atoms with Crippen LogP contribution in [0.15, 0.2) is 30.6 Å². The van der Waals surface area contributed by atoms with Crippen LogP contribution < -0.4 is 0 Å². The average molecular weight is 303 g/mol. The first-order valence-corrected chi connectivity index (χ1v) is 4.17. The third-order valence-electron chi connectivity index (χ3n) is 1.30. The van der Waals surface area contributed by atoms with Gasteiger partial charge < -0.3 is 5.11 Å². The quantitative estimate of drug-likeness (QED) is 0.662. The molecule has 0 saturated heterocycles. The molecule has 1 radical (unpaired) electrons. The number of aromatic nitrogens is 1. The normalized spacial score (nSPS) is 8.20. The van der Waals surface area contributed by atoms with E-state index in [-0.39, 0.29) is 22.4 Å². The summed E-state index contributed by atoms with van der Waals surface area (Å²) in [5.74, 6) is -2.47. The molecular formula is C10H13AgNO3. The van der Waals surface area contributed by atoms with Gasteiger partial charge in [-0.15, -0.1) is 0 Å². The molecule has 0 fully saturated rings. The van der Waals surface area contributed by atoms with E-state index in [1.165, 1.54) is 0 Å². The van der Waals surface area contributed by atoms with Crippen LogP contribution in [0.4, 0.5) is 0 Å². The van der Waals surface area contributed by atoms with Crippen LogP contribution in [0, 0.1) is 5.92 Å². The molecule has 4 nitrogen and oxygen atoms in total. The first kappa shape index (κ1) is 16.5. The van der Waals surface area contributed by atoms with E-state index in [0.29, 0.717) is 0 Å². The number of hydrogen-bond acceptors (Lipinski definition) is 3. The number of aliphatic carboxylic acids is 1. The Hall–Kier alpha value is -0.970. The van der Waals surface area contributed by atoms with E-state index >= 15 is 0 Å². The monoisotopic (exact) mass is 302 g/mol. The number of ketones is 1. The van der Waals surface area contributed by atoms with Crippen molar-refractivity contribution in [2.75, 3.05) is 0 Å². The summed E-state index contributed by atoms with van der Waals surface area (Å²) in [4.78, 5) is 23.8. The Morgan fingerprint density at radius 3 is 1.67 bits per heavy atom. The van der Waals surface area contributed by atoms with E-state index in [4.69, 9.17) is 5.11 Å². The van der Waals surface area contributed by atoms with Gasteiger partial charge in [0, 0.05) is 40.7 Å². The van der Waals surface area contributed by atoms with E-state index in [1.54, 1.807) is 26.2 Å². The van der Waals surface area contributed by atoms with Crippen molar-refractivity contribution in [3.8, 4) is 0 Å². The van der Waals surface area contributed by atoms with E-state index in [9.17, 15) is 9.59 Å². The van der Waals surface area contributed by atoms with Crippen LogP contribution in [0.1, 0.15) is 13.8 Å². The minimum Gasteiger partial charge on any atom is -0.475 e. The third kappa shape index (κ3) is 9.34. The molecule has 0 spiro atoms. The fourth-order valence-corrected chi connectivity index (χ4v) is 0.560. The minimum absolute atomic E-state index is 0. The summed E-state index contributed by atoms with van der Waals surface area (Å²) in [5, 5.41) is 8.00. The van der Waals surface area contributed by atoms with Gasteiger partial charge in [0.05, 0.1) is 0 Å². The maximum atomic E-state index is 10.2. The summed E-state index contributed by atoms with van der Waals surface area (Å²) in [7, 11) is 0. The number of carbonyl (C=O) groups is 2. The molecule has 0 atom stereocenters. The molecule has 0 bridgehead atoms. The number of Topliss-reactive ketones (excluding diaryl/α,β-unsaturated/α-hetero) is 1. The fourth-order valence-electron chi connectivity index (χ4n) is 0.560. The largest absolute Gasteiger partial charge is 0.475 e. The van der Waals surface area contributed by atoms with Gasteiger partial charge in [0.15, 0.2) is 0 Å². The number of carboxylic acid groups (broad SMARTS) is 1. The summed E-state index contributed by atoms with van der Waals surface area (Å²) in [6, 6.07) is 5.72. The third-order valence-corrected chi connectivity index (χ3v) is 1.30. The maximum Gasteiger partial charge on any atom is 0.372 e. The standard InChI is InChI=1S/C5H5N.C5H8O3.Ag/c1-2-4-6-5-3-1;1-3(2)4(6)5(7)8;/h1-5H;3H,1-2H3,(H,7,8);. The molecule has 0 aromatic carbocycles. The van der Waals surface area contributed by atoms with Gasteiger partial charge in [-0.1, -0.05) is 19.9 Å². The topological polar surface area (TPSA) is 67.3 Å². The Bertz CT molecular complexity index is 261. The molecule has 0 saturated carbocycles. The number of hydrogen-bond donors (Lipinski definition) is 1. The molecule has 0 aliphatic carbocycles. The molecular weight excluding hydrogens is 290 g/mol. The summed E-state index contributed by atoms with van der Waals surface area (Å²) >= 11 is 0. The Morgan fingerprint density at radius 1 is 1.13 bits per heavy atom. The van der Waals surface area contributed by atoms with Crippen molar-refractivity contribution in [1.82, 2.24) is 4.98 Å². The van der Waals surface area contributed by atoms with Gasteiger partial charge in [-0.25, -0.2) is 4.79 Å². The zero-order valence-corrected chi connectivity index (χ0v) is 9.96. The van der Waals surface area contributed by atoms with Crippen molar-refractivity contribution >= 4 is 11.8 Å². The number of rotatable bonds is 2. The van der Waals surface area contributed by atoms with Gasteiger partial charge in [-0.2, -0.15) is 0 Å². The molecule has 0 amide bonds. The van der Waals surface area contributed by atoms with Gasteiger partial charge in [-0.05, 0) is 12.1 Å². The van der Waals surface area contributed by atoms with E-state index in [1.807, 2.05) is 18.2 Å². The van der Waals surface area contributed by atoms with Gasteiger partial charge in [0.2, 0.25) is 5.78 Å². The van der Waals surface area contributed by atoms with Crippen LogP contribution in [-0.4, -0.2) is 21.8 Å². The molecule has 5 heteroatoms. The van der Waals surface area contributed by atoms with Crippen molar-refractivity contribution in [3.63, 3.8) is 0 Å². The van der Waals surface area contributed by atoms with Crippen molar-refractivity contribution in [2.24, 2.45) is 5.92 Å². The number of carboxylic acids is 1. The summed E-state index contributed by atoms with van der Waals surface area (Å²) in [5.41, 5.74) is 0. The number of nitrogens with zero attached hydrogens (tertiary/aromatic N) is 1. The fraction of sp³-hybridized carbons (Fsp3) is 0.300. The van der Waals surface area contributed by atoms with Crippen molar-refractivity contribution in [1.29, 1.82) is 0 Å². The van der Waals surface area contributed by atoms with E-state index < -0.39 is 17.7 Å². The van der Waals surface area contributed by atoms with Crippen molar-refractivity contribution < 1.29 is 37.1 Å². The van der Waals surface area contributed by atoms with Crippen LogP contribution in [0.5, 0.6) is 0 Å². The summed E-state index contributed by atoms with van der Waals surface area (Å²) in [6.45, 7) is 3.10. The van der Waals surface area contributed by atoms with Gasteiger partial charge in [0.25, 0.3) is 0 Å². The Labute approximate surface area is 104 Å². The molecule has 1 aromatic rings. The van der Waals surface area contributed by atoms with Crippen LogP contribution in [-0.2, 0) is 32.0 Å². The second-order valence-corrected chi connectivity index (χ2v) is 2.85. The molecule has 1 rings (SSSR count). The molecule has 0 aliphatic rings. The zero-order valence-electron chi connectivity index (χ0n) is 8.48. The molecule has 0 aliphatic heterocycles. The van der Waals surface area contributed by atoms with Crippen LogP contribution in [0.3, 0.4) is 0 Å². The Balaban J connectivity index is 0. The predicted octanol–water partition coefficient (Wildman–Crippen LogP) is 1.38. The average Bonchev–Trinajstić information content (AvgIpc) is 2.20. The Morgan fingerprint density at radius 2 is 1.60 bits per heavy atom. The second kappa shape index (κ2) is 9.58. The first-order valence-electron chi connectivity index (χ1n) is 4.17. The molecule has 1 N–H and O–H groups in total. The van der Waals surface area contributed by atoms with Crippen LogP contribution in [0.25, 0.3) is 0 Å².